The summed E-state index contributed by atoms with van der Waals surface area (Å²) in [6.07, 6.45) is 5.38. The lowest BCUT2D eigenvalue weighted by Crippen LogP contribution is -2.16. The second-order valence-electron chi connectivity index (χ2n) is 3.89. The number of aliphatic hydroxyl groups excluding tert-OH is 1. The Morgan fingerprint density at radius 2 is 2.06 bits per heavy atom. The number of hydrogen-bond donors (Lipinski definition) is 3. The highest BCUT2D eigenvalue weighted by molar-refractivity contribution is 5.86. The summed E-state index contributed by atoms with van der Waals surface area (Å²) in [4.78, 5) is 10.7. The predicted molar refractivity (Wildman–Crippen MR) is 62.9 cm³/mol. The van der Waals surface area contributed by atoms with Crippen molar-refractivity contribution in [3.8, 4) is 0 Å². The Morgan fingerprint density at radius 3 is 2.76 bits per heavy atom. The molecule has 0 aliphatic rings. The van der Waals surface area contributed by atoms with E-state index in [1.165, 1.54) is 6.26 Å². The summed E-state index contributed by atoms with van der Waals surface area (Å²) in [6, 6.07) is 1.67. The largest absolute Gasteiger partial charge is 0.475 e. The van der Waals surface area contributed by atoms with E-state index in [1.807, 2.05) is 0 Å². The number of carbonyl (C=O) groups is 1. The van der Waals surface area contributed by atoms with Gasteiger partial charge in [0.2, 0.25) is 5.76 Å². The number of carboxylic acids is 1. The monoisotopic (exact) mass is 241 g/mol. The van der Waals surface area contributed by atoms with Crippen LogP contribution in [-0.4, -0.2) is 29.3 Å². The quantitative estimate of drug-likeness (QED) is 0.572. The zero-order valence-corrected chi connectivity index (χ0v) is 9.82. The molecule has 0 atom stereocenters. The van der Waals surface area contributed by atoms with Crippen molar-refractivity contribution in [3.05, 3.63) is 23.7 Å². The van der Waals surface area contributed by atoms with Crippen molar-refractivity contribution < 1.29 is 19.4 Å². The van der Waals surface area contributed by atoms with Gasteiger partial charge in [0.25, 0.3) is 0 Å². The molecule has 0 spiro atoms. The van der Waals surface area contributed by atoms with E-state index < -0.39 is 5.97 Å². The van der Waals surface area contributed by atoms with E-state index in [1.54, 1.807) is 6.07 Å². The summed E-state index contributed by atoms with van der Waals surface area (Å²) in [5.74, 6) is -1.02. The molecule has 0 amide bonds. The van der Waals surface area contributed by atoms with Crippen LogP contribution in [0.3, 0.4) is 0 Å². The summed E-state index contributed by atoms with van der Waals surface area (Å²) in [6.45, 7) is 1.61. The molecular formula is C12H19NO4. The van der Waals surface area contributed by atoms with Crippen LogP contribution in [0.25, 0.3) is 0 Å². The average molecular weight is 241 g/mol. The normalized spacial score (nSPS) is 10.6. The van der Waals surface area contributed by atoms with Gasteiger partial charge in [-0.15, -0.1) is 0 Å². The van der Waals surface area contributed by atoms with E-state index in [0.717, 1.165) is 32.2 Å². The van der Waals surface area contributed by atoms with Gasteiger partial charge >= 0.3 is 5.97 Å². The van der Waals surface area contributed by atoms with Gasteiger partial charge in [0.15, 0.2) is 0 Å². The number of nitrogens with one attached hydrogen (secondary N) is 1. The van der Waals surface area contributed by atoms with Gasteiger partial charge in [-0.05, 0) is 25.5 Å². The van der Waals surface area contributed by atoms with Gasteiger partial charge in [-0.1, -0.05) is 12.8 Å². The highest BCUT2D eigenvalue weighted by Crippen LogP contribution is 2.10. The van der Waals surface area contributed by atoms with Crippen molar-refractivity contribution in [1.29, 1.82) is 0 Å². The number of aliphatic hydroxyl groups is 1. The first kappa shape index (κ1) is 13.7. The fourth-order valence-electron chi connectivity index (χ4n) is 1.60. The van der Waals surface area contributed by atoms with Crippen LogP contribution in [0.1, 0.15) is 41.8 Å². The first-order valence-electron chi connectivity index (χ1n) is 5.87. The Kier molecular flexibility index (Phi) is 6.35. The Morgan fingerprint density at radius 1 is 1.29 bits per heavy atom. The van der Waals surface area contributed by atoms with E-state index >= 15 is 0 Å². The highest BCUT2D eigenvalue weighted by Gasteiger charge is 2.12. The van der Waals surface area contributed by atoms with E-state index in [9.17, 15) is 4.79 Å². The molecule has 0 aromatic carbocycles. The van der Waals surface area contributed by atoms with Crippen molar-refractivity contribution in [1.82, 2.24) is 5.32 Å². The van der Waals surface area contributed by atoms with Gasteiger partial charge in [0, 0.05) is 18.7 Å². The third-order valence-electron chi connectivity index (χ3n) is 2.52. The molecule has 0 bridgehead atoms. The van der Waals surface area contributed by atoms with Crippen LogP contribution in [0.5, 0.6) is 0 Å². The molecule has 0 radical (unpaired) electrons. The number of aromatic carboxylic acids is 1. The van der Waals surface area contributed by atoms with Crippen LogP contribution in [0.4, 0.5) is 0 Å². The molecule has 3 N–H and O–H groups in total. The summed E-state index contributed by atoms with van der Waals surface area (Å²) in [5, 5.41) is 20.6. The third-order valence-corrected chi connectivity index (χ3v) is 2.52. The minimum Gasteiger partial charge on any atom is -0.475 e. The van der Waals surface area contributed by atoms with Crippen LogP contribution < -0.4 is 5.32 Å². The lowest BCUT2D eigenvalue weighted by molar-refractivity contribution is 0.0660. The Bertz CT molecular complexity index is 335. The summed E-state index contributed by atoms with van der Waals surface area (Å²) in [5.41, 5.74) is 0.674. The molecule has 5 heteroatoms. The molecular weight excluding hydrogens is 222 g/mol. The highest BCUT2D eigenvalue weighted by atomic mass is 16.4. The standard InChI is InChI=1S/C12H19NO4/c14-7-4-2-1-3-6-13-9-10-5-8-17-11(10)12(15)16/h5,8,13-14H,1-4,6-7,9H2,(H,15,16). The molecule has 0 saturated heterocycles. The van der Waals surface area contributed by atoms with Crippen molar-refractivity contribution in [2.24, 2.45) is 0 Å². The van der Waals surface area contributed by atoms with Crippen molar-refractivity contribution in [2.45, 2.75) is 32.2 Å². The molecule has 1 aromatic rings. The smallest absolute Gasteiger partial charge is 0.372 e. The Balaban J connectivity index is 2.14. The minimum absolute atomic E-state index is 0.0118. The van der Waals surface area contributed by atoms with E-state index in [4.69, 9.17) is 14.6 Å². The fourth-order valence-corrected chi connectivity index (χ4v) is 1.60. The van der Waals surface area contributed by atoms with E-state index in [0.29, 0.717) is 12.1 Å². The first-order chi connectivity index (χ1) is 8.25. The fraction of sp³-hybridized carbons (Fsp3) is 0.583. The lowest BCUT2D eigenvalue weighted by atomic mass is 10.2. The summed E-state index contributed by atoms with van der Waals surface area (Å²) in [7, 11) is 0. The molecule has 0 aliphatic carbocycles. The zero-order chi connectivity index (χ0) is 12.5. The minimum atomic E-state index is -1.03. The average Bonchev–Trinajstić information content (AvgIpc) is 2.76. The Labute approximate surface area is 100 Å². The molecule has 0 saturated carbocycles. The SMILES string of the molecule is O=C(O)c1occc1CNCCCCCCO. The van der Waals surface area contributed by atoms with Gasteiger partial charge in [-0.25, -0.2) is 4.79 Å². The second-order valence-corrected chi connectivity index (χ2v) is 3.89. The van der Waals surface area contributed by atoms with Gasteiger partial charge in [0.1, 0.15) is 0 Å². The summed E-state index contributed by atoms with van der Waals surface area (Å²) >= 11 is 0. The molecule has 0 unspecified atom stereocenters. The molecule has 17 heavy (non-hydrogen) atoms. The number of carboxylic acid groups (broad SMARTS) is 1. The van der Waals surface area contributed by atoms with Crippen molar-refractivity contribution in [2.75, 3.05) is 13.2 Å². The first-order valence-corrected chi connectivity index (χ1v) is 5.87. The number of unbranched alkanes of at least 4 members (excludes halogenated alkanes) is 3. The maximum atomic E-state index is 10.7. The zero-order valence-electron chi connectivity index (χ0n) is 9.82. The molecule has 5 nitrogen and oxygen atoms in total. The second kappa shape index (κ2) is 7.86. The molecule has 1 rings (SSSR count). The number of furan rings is 1. The van der Waals surface area contributed by atoms with E-state index in [-0.39, 0.29) is 12.4 Å². The van der Waals surface area contributed by atoms with Gasteiger partial charge < -0.3 is 19.9 Å². The predicted octanol–water partition coefficient (Wildman–Crippen LogP) is 1.62. The molecule has 0 aliphatic heterocycles. The van der Waals surface area contributed by atoms with Crippen LogP contribution in [0.2, 0.25) is 0 Å². The molecule has 1 heterocycles. The maximum absolute atomic E-state index is 10.7. The van der Waals surface area contributed by atoms with E-state index in [2.05, 4.69) is 5.32 Å². The van der Waals surface area contributed by atoms with Crippen LogP contribution in [-0.2, 0) is 6.54 Å². The van der Waals surface area contributed by atoms with Gasteiger partial charge in [-0.2, -0.15) is 0 Å². The van der Waals surface area contributed by atoms with Crippen LogP contribution >= 0.6 is 0 Å². The van der Waals surface area contributed by atoms with Gasteiger partial charge in [0.05, 0.1) is 6.26 Å². The maximum Gasteiger partial charge on any atom is 0.372 e. The summed E-state index contributed by atoms with van der Waals surface area (Å²) < 4.78 is 4.87. The number of hydrogen-bond acceptors (Lipinski definition) is 4. The van der Waals surface area contributed by atoms with Crippen molar-refractivity contribution >= 4 is 5.97 Å². The Hall–Kier alpha value is -1.33. The molecule has 0 fully saturated rings. The van der Waals surface area contributed by atoms with Crippen LogP contribution in [0.15, 0.2) is 16.7 Å². The lowest BCUT2D eigenvalue weighted by Gasteiger charge is -2.03. The molecule has 96 valence electrons. The van der Waals surface area contributed by atoms with Crippen LogP contribution in [0, 0.1) is 0 Å². The van der Waals surface area contributed by atoms with Crippen molar-refractivity contribution in [3.63, 3.8) is 0 Å². The third kappa shape index (κ3) is 5.01. The molecule has 1 aromatic heterocycles. The topological polar surface area (TPSA) is 82.7 Å². The van der Waals surface area contributed by atoms with Gasteiger partial charge in [-0.3, -0.25) is 0 Å². The number of rotatable bonds is 9.